The van der Waals surface area contributed by atoms with Gasteiger partial charge >= 0.3 is 0 Å². The zero-order chi connectivity index (χ0) is 13.0. The van der Waals surface area contributed by atoms with Gasteiger partial charge in [0.05, 0.1) is 6.54 Å². The largest absolute Gasteiger partial charge is 0.381 e. The van der Waals surface area contributed by atoms with Crippen LogP contribution >= 0.6 is 11.6 Å². The molecule has 0 heterocycles. The van der Waals surface area contributed by atoms with E-state index in [1.165, 1.54) is 0 Å². The Labute approximate surface area is 104 Å². The van der Waals surface area contributed by atoms with Crippen LogP contribution in [0.2, 0.25) is 5.02 Å². The van der Waals surface area contributed by atoms with Crippen molar-refractivity contribution in [3.05, 3.63) is 34.3 Å². The lowest BCUT2D eigenvalue weighted by Gasteiger charge is -2.10. The molecule has 1 atom stereocenters. The molecule has 0 aliphatic carbocycles. The van der Waals surface area contributed by atoms with Crippen molar-refractivity contribution < 1.29 is 14.7 Å². The lowest BCUT2D eigenvalue weighted by molar-refractivity contribution is -0.125. The number of primary amides is 1. The van der Waals surface area contributed by atoms with Crippen LogP contribution in [0.5, 0.6) is 0 Å². The van der Waals surface area contributed by atoms with Gasteiger partial charge in [0.25, 0.3) is 5.91 Å². The smallest absolute Gasteiger partial charge is 0.251 e. The van der Waals surface area contributed by atoms with Gasteiger partial charge in [0.15, 0.2) is 0 Å². The summed E-state index contributed by atoms with van der Waals surface area (Å²) in [6.07, 6.45) is -1.39. The quantitative estimate of drug-likeness (QED) is 0.720. The van der Waals surface area contributed by atoms with E-state index in [9.17, 15) is 9.59 Å². The first-order chi connectivity index (χ1) is 7.93. The molecule has 5 nitrogen and oxygen atoms in total. The van der Waals surface area contributed by atoms with E-state index in [4.69, 9.17) is 22.4 Å². The van der Waals surface area contributed by atoms with Crippen molar-refractivity contribution in [3.8, 4) is 0 Å². The number of hydrogen-bond donors (Lipinski definition) is 3. The third kappa shape index (κ3) is 3.44. The molecule has 1 rings (SSSR count). The first-order valence-corrected chi connectivity index (χ1v) is 5.32. The number of nitrogens with two attached hydrogens (primary N) is 1. The highest BCUT2D eigenvalue weighted by Gasteiger charge is 2.15. The zero-order valence-corrected chi connectivity index (χ0v) is 9.99. The minimum atomic E-state index is -1.39. The van der Waals surface area contributed by atoms with Crippen LogP contribution in [0, 0.1) is 6.92 Å². The van der Waals surface area contributed by atoms with Crippen molar-refractivity contribution in [2.45, 2.75) is 13.0 Å². The first kappa shape index (κ1) is 13.5. The molecule has 0 spiro atoms. The Bertz CT molecular complexity index is 448. The maximum Gasteiger partial charge on any atom is 0.251 e. The van der Waals surface area contributed by atoms with Crippen LogP contribution < -0.4 is 11.1 Å². The van der Waals surface area contributed by atoms with Crippen LogP contribution in [0.1, 0.15) is 15.9 Å². The molecule has 0 saturated heterocycles. The van der Waals surface area contributed by atoms with Crippen molar-refractivity contribution in [1.29, 1.82) is 0 Å². The lowest BCUT2D eigenvalue weighted by Crippen LogP contribution is -2.40. The molecule has 0 aromatic heterocycles. The van der Waals surface area contributed by atoms with Crippen molar-refractivity contribution in [2.24, 2.45) is 5.73 Å². The van der Waals surface area contributed by atoms with Gasteiger partial charge in [-0.3, -0.25) is 9.59 Å². The van der Waals surface area contributed by atoms with E-state index >= 15 is 0 Å². The molecule has 0 bridgehead atoms. The number of rotatable bonds is 4. The van der Waals surface area contributed by atoms with Crippen molar-refractivity contribution in [1.82, 2.24) is 5.32 Å². The highest BCUT2D eigenvalue weighted by atomic mass is 35.5. The fourth-order valence-electron chi connectivity index (χ4n) is 1.24. The van der Waals surface area contributed by atoms with Gasteiger partial charge in [-0.15, -0.1) is 0 Å². The molecule has 6 heteroatoms. The second-order valence-corrected chi connectivity index (χ2v) is 3.95. The second kappa shape index (κ2) is 5.65. The van der Waals surface area contributed by atoms with E-state index in [1.807, 2.05) is 0 Å². The summed E-state index contributed by atoms with van der Waals surface area (Å²) in [5.74, 6) is -1.29. The van der Waals surface area contributed by atoms with Gasteiger partial charge in [0, 0.05) is 10.6 Å². The number of aliphatic hydroxyl groups is 1. The number of carbonyl (C=O) groups is 2. The van der Waals surface area contributed by atoms with Gasteiger partial charge in [0.1, 0.15) is 6.10 Å². The van der Waals surface area contributed by atoms with Crippen LogP contribution in [0.15, 0.2) is 18.2 Å². The van der Waals surface area contributed by atoms with Crippen LogP contribution in [0.4, 0.5) is 0 Å². The topological polar surface area (TPSA) is 92.4 Å². The molecule has 1 aromatic rings. The predicted molar refractivity (Wildman–Crippen MR) is 63.7 cm³/mol. The number of hydrogen-bond acceptors (Lipinski definition) is 3. The number of nitrogens with one attached hydrogen (secondary N) is 1. The third-order valence-corrected chi connectivity index (χ3v) is 2.71. The summed E-state index contributed by atoms with van der Waals surface area (Å²) in [7, 11) is 0. The van der Waals surface area contributed by atoms with E-state index < -0.39 is 17.9 Å². The molecule has 0 aliphatic heterocycles. The van der Waals surface area contributed by atoms with Crippen molar-refractivity contribution in [3.63, 3.8) is 0 Å². The van der Waals surface area contributed by atoms with Gasteiger partial charge < -0.3 is 16.2 Å². The maximum absolute atomic E-state index is 11.7. The van der Waals surface area contributed by atoms with Gasteiger partial charge in [0.2, 0.25) is 5.91 Å². The molecule has 0 radical (unpaired) electrons. The fourth-order valence-corrected chi connectivity index (χ4v) is 1.41. The number of carbonyl (C=O) groups excluding carboxylic acids is 2. The summed E-state index contributed by atoms with van der Waals surface area (Å²) in [6, 6.07) is 4.92. The fraction of sp³-hybridized carbons (Fsp3) is 0.273. The van der Waals surface area contributed by atoms with Crippen LogP contribution in [0.25, 0.3) is 0 Å². The van der Waals surface area contributed by atoms with Crippen molar-refractivity contribution in [2.75, 3.05) is 6.54 Å². The van der Waals surface area contributed by atoms with Crippen LogP contribution in [-0.4, -0.2) is 29.6 Å². The molecule has 1 unspecified atom stereocenters. The SMILES string of the molecule is Cc1c(Cl)cccc1C(=O)NCC(O)C(N)=O. The average molecular weight is 257 g/mol. The second-order valence-electron chi connectivity index (χ2n) is 3.54. The number of aliphatic hydroxyl groups excluding tert-OH is 1. The number of benzene rings is 1. The number of halogens is 1. The molecule has 0 aliphatic rings. The Morgan fingerprint density at radius 3 is 2.76 bits per heavy atom. The minimum absolute atomic E-state index is 0.222. The minimum Gasteiger partial charge on any atom is -0.381 e. The van der Waals surface area contributed by atoms with Crippen molar-refractivity contribution >= 4 is 23.4 Å². The normalized spacial score (nSPS) is 11.9. The summed E-state index contributed by atoms with van der Waals surface area (Å²) >= 11 is 5.87. The van der Waals surface area contributed by atoms with Crippen LogP contribution in [0.3, 0.4) is 0 Å². The Hall–Kier alpha value is -1.59. The summed E-state index contributed by atoms with van der Waals surface area (Å²) in [4.78, 5) is 22.3. The summed E-state index contributed by atoms with van der Waals surface area (Å²) in [5.41, 5.74) is 5.89. The highest BCUT2D eigenvalue weighted by molar-refractivity contribution is 6.31. The van der Waals surface area contributed by atoms with Gasteiger partial charge in [-0.25, -0.2) is 0 Å². The molecular weight excluding hydrogens is 244 g/mol. The first-order valence-electron chi connectivity index (χ1n) is 4.94. The predicted octanol–water partition coefficient (Wildman–Crippen LogP) is 0.224. The van der Waals surface area contributed by atoms with Gasteiger partial charge in [-0.2, -0.15) is 0 Å². The van der Waals surface area contributed by atoms with E-state index in [0.717, 1.165) is 0 Å². The maximum atomic E-state index is 11.7. The molecule has 0 saturated carbocycles. The summed E-state index contributed by atoms with van der Waals surface area (Å²) < 4.78 is 0. The van der Waals surface area contributed by atoms with E-state index in [1.54, 1.807) is 25.1 Å². The Morgan fingerprint density at radius 2 is 2.18 bits per heavy atom. The summed E-state index contributed by atoms with van der Waals surface area (Å²) in [5, 5.41) is 12.0. The molecule has 4 N–H and O–H groups in total. The summed E-state index contributed by atoms with van der Waals surface area (Å²) in [6.45, 7) is 1.49. The molecule has 1 aromatic carbocycles. The molecule has 17 heavy (non-hydrogen) atoms. The monoisotopic (exact) mass is 256 g/mol. The van der Waals surface area contributed by atoms with Gasteiger partial charge in [-0.1, -0.05) is 17.7 Å². The molecule has 92 valence electrons. The Morgan fingerprint density at radius 1 is 1.53 bits per heavy atom. The Balaban J connectivity index is 2.71. The number of amides is 2. The Kier molecular flexibility index (Phi) is 4.48. The molecule has 2 amide bonds. The van der Waals surface area contributed by atoms with E-state index in [0.29, 0.717) is 16.1 Å². The van der Waals surface area contributed by atoms with Gasteiger partial charge in [-0.05, 0) is 24.6 Å². The zero-order valence-electron chi connectivity index (χ0n) is 9.24. The third-order valence-electron chi connectivity index (χ3n) is 2.30. The molecule has 0 fully saturated rings. The van der Waals surface area contributed by atoms with Crippen LogP contribution in [-0.2, 0) is 4.79 Å². The highest BCUT2D eigenvalue weighted by Crippen LogP contribution is 2.18. The van der Waals surface area contributed by atoms with E-state index in [-0.39, 0.29) is 6.54 Å². The average Bonchev–Trinajstić information content (AvgIpc) is 2.29. The molecular formula is C11H13ClN2O3. The standard InChI is InChI=1S/C11H13ClN2O3/c1-6-7(3-2-4-8(6)12)11(17)14-5-9(15)10(13)16/h2-4,9,15H,5H2,1H3,(H2,13,16)(H,14,17). The lowest BCUT2D eigenvalue weighted by atomic mass is 10.1. The van der Waals surface area contributed by atoms with E-state index in [2.05, 4.69) is 5.32 Å².